The lowest BCUT2D eigenvalue weighted by Gasteiger charge is -2.26. The summed E-state index contributed by atoms with van der Waals surface area (Å²) < 4.78 is 30.0. The van der Waals surface area contributed by atoms with Crippen LogP contribution in [0.25, 0.3) is 0 Å². The van der Waals surface area contributed by atoms with Crippen LogP contribution in [0.5, 0.6) is 0 Å². The molecule has 1 aromatic heterocycles. The van der Waals surface area contributed by atoms with E-state index < -0.39 is 10.0 Å². The Labute approximate surface area is 124 Å². The molecule has 1 aliphatic rings. The molecule has 0 unspecified atom stereocenters. The van der Waals surface area contributed by atoms with Gasteiger partial charge in [0.1, 0.15) is 4.21 Å². The highest BCUT2D eigenvalue weighted by molar-refractivity contribution is 7.91. The van der Waals surface area contributed by atoms with Gasteiger partial charge in [-0.25, -0.2) is 13.4 Å². The van der Waals surface area contributed by atoms with E-state index in [0.29, 0.717) is 43.1 Å². The van der Waals surface area contributed by atoms with Gasteiger partial charge in [0.2, 0.25) is 0 Å². The second-order valence-corrected chi connectivity index (χ2v) is 7.80. The topological polar surface area (TPSA) is 70.7 Å². The van der Waals surface area contributed by atoms with Crippen molar-refractivity contribution in [3.8, 4) is 0 Å². The minimum absolute atomic E-state index is 0.351. The van der Waals surface area contributed by atoms with Gasteiger partial charge in [-0.05, 0) is 17.0 Å². The summed E-state index contributed by atoms with van der Waals surface area (Å²) in [6, 6.07) is 2.10. The molecule has 114 valence electrons. The summed E-state index contributed by atoms with van der Waals surface area (Å²) in [5.74, 6) is 0. The van der Waals surface area contributed by atoms with Gasteiger partial charge >= 0.3 is 0 Å². The lowest BCUT2D eigenvalue weighted by molar-refractivity contribution is 0.0272. The van der Waals surface area contributed by atoms with Crippen molar-refractivity contribution in [3.63, 3.8) is 0 Å². The molecule has 1 aliphatic heterocycles. The highest BCUT2D eigenvalue weighted by Crippen LogP contribution is 2.20. The quantitative estimate of drug-likeness (QED) is 0.810. The van der Waals surface area contributed by atoms with E-state index in [1.165, 1.54) is 11.3 Å². The fraction of sp³-hybridized carbons (Fsp3) is 0.667. The number of nitrogens with one attached hydrogen (secondary N) is 2. The van der Waals surface area contributed by atoms with Gasteiger partial charge in [-0.15, -0.1) is 16.2 Å². The smallest absolute Gasteiger partial charge is 0.262 e. The molecule has 0 aliphatic carbocycles. The maximum absolute atomic E-state index is 12.2. The first-order valence-corrected chi connectivity index (χ1v) is 8.99. The van der Waals surface area contributed by atoms with Crippen LogP contribution in [0.15, 0.2) is 15.7 Å². The molecule has 0 amide bonds. The Morgan fingerprint density at radius 2 is 2.10 bits per heavy atom. The molecule has 2 N–H and O–H groups in total. The third-order valence-corrected chi connectivity index (χ3v) is 5.73. The molecule has 0 radical (unpaired) electrons. The Balaban J connectivity index is 1.98. The molecule has 1 fully saturated rings. The van der Waals surface area contributed by atoms with Crippen LogP contribution in [0.4, 0.5) is 0 Å². The first-order chi connectivity index (χ1) is 9.47. The molecule has 0 atom stereocenters. The van der Waals surface area contributed by atoms with E-state index in [1.54, 1.807) is 11.1 Å². The van der Waals surface area contributed by atoms with Crippen molar-refractivity contribution in [2.45, 2.75) is 30.6 Å². The minimum Gasteiger partial charge on any atom is -0.379 e. The van der Waals surface area contributed by atoms with Crippen molar-refractivity contribution in [1.82, 2.24) is 15.2 Å². The molecule has 2 heterocycles. The largest absolute Gasteiger partial charge is 0.379 e. The predicted molar refractivity (Wildman–Crippen MR) is 79.0 cm³/mol. The number of morpholine rings is 1. The van der Waals surface area contributed by atoms with Gasteiger partial charge < -0.3 is 10.1 Å². The van der Waals surface area contributed by atoms with Crippen LogP contribution in [0, 0.1) is 0 Å². The molecule has 1 saturated heterocycles. The van der Waals surface area contributed by atoms with Gasteiger partial charge in [0, 0.05) is 25.7 Å². The second-order valence-electron chi connectivity index (χ2n) is 5.00. The zero-order chi connectivity index (χ0) is 14.6. The van der Waals surface area contributed by atoms with E-state index in [0.717, 1.165) is 5.56 Å². The molecule has 1 aromatic rings. The van der Waals surface area contributed by atoms with Crippen molar-refractivity contribution in [1.29, 1.82) is 0 Å². The number of rotatable bonds is 6. The monoisotopic (exact) mass is 319 g/mol. The maximum atomic E-state index is 12.2. The van der Waals surface area contributed by atoms with Crippen LogP contribution < -0.4 is 10.1 Å². The van der Waals surface area contributed by atoms with Crippen LogP contribution in [-0.2, 0) is 21.3 Å². The number of thiophene rings is 1. The summed E-state index contributed by atoms with van der Waals surface area (Å²) in [5, 5.41) is 6.84. The van der Waals surface area contributed by atoms with Crippen molar-refractivity contribution < 1.29 is 13.2 Å². The summed E-state index contributed by atoms with van der Waals surface area (Å²) in [7, 11) is -3.47. The summed E-state index contributed by atoms with van der Waals surface area (Å²) in [4.78, 5) is 2.61. The predicted octanol–water partition coefficient (Wildman–Crippen LogP) is 0.772. The van der Waals surface area contributed by atoms with E-state index in [9.17, 15) is 8.42 Å². The Hall–Kier alpha value is -0.510. The average molecular weight is 319 g/mol. The second kappa shape index (κ2) is 6.97. The Morgan fingerprint density at radius 1 is 1.40 bits per heavy atom. The Bertz CT molecular complexity index is 522. The van der Waals surface area contributed by atoms with Gasteiger partial charge in [-0.1, -0.05) is 13.8 Å². The average Bonchev–Trinajstić information content (AvgIpc) is 2.86. The molecule has 0 saturated carbocycles. The lowest BCUT2D eigenvalue weighted by atomic mass is 10.3. The SMILES string of the molecule is CC(C)NCc1csc(S(=O)(=O)NN2CCOCC2)c1. The van der Waals surface area contributed by atoms with Gasteiger partial charge in [-0.2, -0.15) is 0 Å². The molecule has 2 rings (SSSR count). The van der Waals surface area contributed by atoms with Crippen molar-refractivity contribution in [3.05, 3.63) is 17.0 Å². The Kier molecular flexibility index (Phi) is 5.53. The zero-order valence-corrected chi connectivity index (χ0v) is 13.4. The molecule has 0 spiro atoms. The summed E-state index contributed by atoms with van der Waals surface area (Å²) in [6.45, 7) is 7.06. The van der Waals surface area contributed by atoms with Gasteiger partial charge in [0.25, 0.3) is 10.0 Å². The van der Waals surface area contributed by atoms with Crippen LogP contribution >= 0.6 is 11.3 Å². The number of nitrogens with zero attached hydrogens (tertiary/aromatic N) is 1. The van der Waals surface area contributed by atoms with Crippen molar-refractivity contribution >= 4 is 21.4 Å². The molecule has 0 aromatic carbocycles. The van der Waals surface area contributed by atoms with E-state index in [-0.39, 0.29) is 0 Å². The van der Waals surface area contributed by atoms with Gasteiger partial charge in [0.05, 0.1) is 13.2 Å². The molecule has 20 heavy (non-hydrogen) atoms. The number of hydrogen-bond acceptors (Lipinski definition) is 6. The fourth-order valence-electron chi connectivity index (χ4n) is 1.78. The van der Waals surface area contributed by atoms with Gasteiger partial charge in [-0.3, -0.25) is 0 Å². The van der Waals surface area contributed by atoms with E-state index >= 15 is 0 Å². The molecular formula is C12H21N3O3S2. The number of hydrogen-bond donors (Lipinski definition) is 2. The highest BCUT2D eigenvalue weighted by Gasteiger charge is 2.21. The number of hydrazine groups is 1. The lowest BCUT2D eigenvalue weighted by Crippen LogP contribution is -2.48. The zero-order valence-electron chi connectivity index (χ0n) is 11.8. The fourth-order valence-corrected chi connectivity index (χ4v) is 4.10. The minimum atomic E-state index is -3.47. The van der Waals surface area contributed by atoms with Crippen LogP contribution in [-0.4, -0.2) is 45.8 Å². The van der Waals surface area contributed by atoms with Crippen molar-refractivity contribution in [2.75, 3.05) is 26.3 Å². The summed E-state index contributed by atoms with van der Waals surface area (Å²) in [6.07, 6.45) is 0. The van der Waals surface area contributed by atoms with E-state index in [2.05, 4.69) is 24.0 Å². The molecule has 6 nitrogen and oxygen atoms in total. The highest BCUT2D eigenvalue weighted by atomic mass is 32.2. The Morgan fingerprint density at radius 3 is 2.75 bits per heavy atom. The molecular weight excluding hydrogens is 298 g/mol. The molecule has 8 heteroatoms. The number of sulfonamides is 1. The standard InChI is InChI=1S/C12H21N3O3S2/c1-10(2)13-8-11-7-12(19-9-11)20(16,17)14-15-3-5-18-6-4-15/h7,9-10,13-14H,3-6,8H2,1-2H3. The van der Waals surface area contributed by atoms with E-state index in [1.807, 2.05) is 5.38 Å². The van der Waals surface area contributed by atoms with E-state index in [4.69, 9.17) is 4.74 Å². The maximum Gasteiger partial charge on any atom is 0.262 e. The molecule has 0 bridgehead atoms. The van der Waals surface area contributed by atoms with Crippen LogP contribution in [0.1, 0.15) is 19.4 Å². The number of ether oxygens (including phenoxy) is 1. The third-order valence-electron chi connectivity index (χ3n) is 2.87. The third kappa shape index (κ3) is 4.51. The van der Waals surface area contributed by atoms with Crippen LogP contribution in [0.2, 0.25) is 0 Å². The summed E-state index contributed by atoms with van der Waals surface area (Å²) in [5.41, 5.74) is 0.992. The van der Waals surface area contributed by atoms with Crippen LogP contribution in [0.3, 0.4) is 0 Å². The summed E-state index contributed by atoms with van der Waals surface area (Å²) >= 11 is 1.25. The first-order valence-electron chi connectivity index (χ1n) is 6.63. The normalized spacial score (nSPS) is 17.8. The first kappa shape index (κ1) is 15.9. The van der Waals surface area contributed by atoms with Crippen molar-refractivity contribution in [2.24, 2.45) is 0 Å². The van der Waals surface area contributed by atoms with Gasteiger partial charge in [0.15, 0.2) is 0 Å².